The molecule has 0 spiro atoms. The molecule has 0 radical (unpaired) electrons. The molecular weight excluding hydrogens is 336 g/mol. The second-order valence-corrected chi connectivity index (χ2v) is 6.61. The summed E-state index contributed by atoms with van der Waals surface area (Å²) in [6.07, 6.45) is 2.03. The molecule has 0 atom stereocenters. The summed E-state index contributed by atoms with van der Waals surface area (Å²) in [5.41, 5.74) is 6.36. The van der Waals surface area contributed by atoms with Crippen LogP contribution in [0.25, 0.3) is 16.9 Å². The zero-order valence-electron chi connectivity index (χ0n) is 15.8. The highest BCUT2D eigenvalue weighted by atomic mass is 16.5. The normalized spacial score (nSPS) is 10.9. The Morgan fingerprint density at radius 2 is 1.74 bits per heavy atom. The summed E-state index contributed by atoms with van der Waals surface area (Å²) in [5, 5.41) is 0. The molecule has 0 saturated heterocycles. The molecule has 4 heteroatoms. The number of imidazole rings is 1. The monoisotopic (exact) mass is 358 g/mol. The third-order valence-electron chi connectivity index (χ3n) is 4.72. The first-order chi connectivity index (χ1) is 13.2. The van der Waals surface area contributed by atoms with E-state index in [4.69, 9.17) is 14.5 Å². The van der Waals surface area contributed by atoms with Gasteiger partial charge in [0.2, 0.25) is 0 Å². The van der Waals surface area contributed by atoms with E-state index in [0.717, 1.165) is 33.9 Å². The molecule has 0 aliphatic heterocycles. The van der Waals surface area contributed by atoms with Gasteiger partial charge in [-0.2, -0.15) is 0 Å². The average molecular weight is 358 g/mol. The Morgan fingerprint density at radius 1 is 0.926 bits per heavy atom. The fourth-order valence-corrected chi connectivity index (χ4v) is 3.17. The minimum atomic E-state index is 0.503. The third-order valence-corrected chi connectivity index (χ3v) is 4.72. The highest BCUT2D eigenvalue weighted by Gasteiger charge is 2.13. The quantitative estimate of drug-likeness (QED) is 0.491. The summed E-state index contributed by atoms with van der Waals surface area (Å²) < 4.78 is 13.6. The van der Waals surface area contributed by atoms with Crippen molar-refractivity contribution in [3.8, 4) is 22.8 Å². The number of methoxy groups -OCH3 is 1. The van der Waals surface area contributed by atoms with Gasteiger partial charge in [0.25, 0.3) is 0 Å². The van der Waals surface area contributed by atoms with Crippen LogP contribution in [0.2, 0.25) is 0 Å². The molecular formula is C23H22N2O2. The summed E-state index contributed by atoms with van der Waals surface area (Å²) in [6, 6.07) is 20.3. The number of hydrogen-bond acceptors (Lipinski definition) is 3. The van der Waals surface area contributed by atoms with Gasteiger partial charge in [-0.3, -0.25) is 0 Å². The zero-order valence-corrected chi connectivity index (χ0v) is 15.8. The summed E-state index contributed by atoms with van der Waals surface area (Å²) in [7, 11) is 1.66. The van der Waals surface area contributed by atoms with Gasteiger partial charge in [0.1, 0.15) is 12.3 Å². The molecule has 0 aliphatic rings. The number of aryl methyl sites for hydroxylation is 2. The van der Waals surface area contributed by atoms with Crippen LogP contribution in [0.1, 0.15) is 16.8 Å². The van der Waals surface area contributed by atoms with Crippen molar-refractivity contribution in [2.45, 2.75) is 20.5 Å². The maximum atomic E-state index is 5.98. The van der Waals surface area contributed by atoms with Crippen LogP contribution < -0.4 is 9.47 Å². The van der Waals surface area contributed by atoms with E-state index in [1.54, 1.807) is 7.11 Å². The lowest BCUT2D eigenvalue weighted by Crippen LogP contribution is -1.98. The fraction of sp³-hybridized carbons (Fsp3) is 0.174. The topological polar surface area (TPSA) is 35.8 Å². The lowest BCUT2D eigenvalue weighted by atomic mass is 10.1. The highest BCUT2D eigenvalue weighted by molar-refractivity contribution is 5.69. The van der Waals surface area contributed by atoms with Crippen molar-refractivity contribution in [2.75, 3.05) is 7.11 Å². The largest absolute Gasteiger partial charge is 0.493 e. The maximum Gasteiger partial charge on any atom is 0.161 e. The van der Waals surface area contributed by atoms with Crippen molar-refractivity contribution >= 4 is 5.65 Å². The van der Waals surface area contributed by atoms with Crippen LogP contribution in [-0.4, -0.2) is 16.5 Å². The zero-order chi connectivity index (χ0) is 18.8. The first-order valence-electron chi connectivity index (χ1n) is 8.96. The van der Waals surface area contributed by atoms with Gasteiger partial charge in [0, 0.05) is 17.5 Å². The summed E-state index contributed by atoms with van der Waals surface area (Å²) in [4.78, 5) is 4.76. The van der Waals surface area contributed by atoms with E-state index >= 15 is 0 Å². The van der Waals surface area contributed by atoms with Crippen molar-refractivity contribution in [1.29, 1.82) is 0 Å². The molecule has 4 nitrogen and oxygen atoms in total. The number of pyridine rings is 1. The number of hydrogen-bond donors (Lipinski definition) is 0. The Hall–Kier alpha value is -3.27. The molecule has 4 rings (SSSR count). The number of fused-ring (bicyclic) bond motifs is 1. The van der Waals surface area contributed by atoms with E-state index < -0.39 is 0 Å². The minimum Gasteiger partial charge on any atom is -0.493 e. The van der Waals surface area contributed by atoms with Gasteiger partial charge in [-0.05, 0) is 49.7 Å². The number of nitrogens with zero attached hydrogens (tertiary/aromatic N) is 2. The van der Waals surface area contributed by atoms with Gasteiger partial charge >= 0.3 is 0 Å². The number of ether oxygens (including phenoxy) is 2. The van der Waals surface area contributed by atoms with Crippen LogP contribution in [-0.2, 0) is 6.61 Å². The van der Waals surface area contributed by atoms with E-state index in [1.807, 2.05) is 42.6 Å². The third kappa shape index (κ3) is 3.38. The lowest BCUT2D eigenvalue weighted by molar-refractivity contribution is 0.284. The Labute approximate surface area is 159 Å². The van der Waals surface area contributed by atoms with Crippen molar-refractivity contribution in [2.24, 2.45) is 0 Å². The van der Waals surface area contributed by atoms with Gasteiger partial charge in [0.15, 0.2) is 11.5 Å². The van der Waals surface area contributed by atoms with Crippen LogP contribution in [0.5, 0.6) is 11.5 Å². The molecule has 4 aromatic rings. The Morgan fingerprint density at radius 3 is 2.48 bits per heavy atom. The van der Waals surface area contributed by atoms with Crippen LogP contribution in [0.4, 0.5) is 0 Å². The maximum absolute atomic E-state index is 5.98. The average Bonchev–Trinajstić information content (AvgIpc) is 3.04. The second kappa shape index (κ2) is 7.16. The molecule has 136 valence electrons. The van der Waals surface area contributed by atoms with Gasteiger partial charge in [-0.15, -0.1) is 0 Å². The van der Waals surface area contributed by atoms with Crippen molar-refractivity contribution in [3.63, 3.8) is 0 Å². The molecule has 27 heavy (non-hydrogen) atoms. The summed E-state index contributed by atoms with van der Waals surface area (Å²) >= 11 is 0. The molecule has 0 unspecified atom stereocenters. The predicted molar refractivity (Wildman–Crippen MR) is 107 cm³/mol. The van der Waals surface area contributed by atoms with Gasteiger partial charge in [0.05, 0.1) is 12.8 Å². The Kier molecular flexibility index (Phi) is 4.55. The molecule has 0 amide bonds. The minimum absolute atomic E-state index is 0.503. The molecule has 0 aliphatic carbocycles. The van der Waals surface area contributed by atoms with Crippen LogP contribution >= 0.6 is 0 Å². The van der Waals surface area contributed by atoms with E-state index in [1.165, 1.54) is 5.56 Å². The van der Waals surface area contributed by atoms with Crippen LogP contribution in [0.3, 0.4) is 0 Å². The molecule has 2 aromatic heterocycles. The van der Waals surface area contributed by atoms with Crippen molar-refractivity contribution in [3.05, 3.63) is 83.7 Å². The second-order valence-electron chi connectivity index (χ2n) is 6.61. The van der Waals surface area contributed by atoms with E-state index in [2.05, 4.69) is 42.5 Å². The SMILES string of the molecule is COc1cc(-c2nc3ccccn3c2C)ccc1OCc1ccc(C)cc1. The number of benzene rings is 2. The number of rotatable bonds is 5. The van der Waals surface area contributed by atoms with Gasteiger partial charge < -0.3 is 13.9 Å². The molecule has 0 fully saturated rings. The fourth-order valence-electron chi connectivity index (χ4n) is 3.17. The van der Waals surface area contributed by atoms with E-state index in [-0.39, 0.29) is 0 Å². The summed E-state index contributed by atoms with van der Waals surface area (Å²) in [5.74, 6) is 1.43. The van der Waals surface area contributed by atoms with Gasteiger partial charge in [-0.25, -0.2) is 4.98 Å². The molecule has 0 saturated carbocycles. The molecule has 2 heterocycles. The first kappa shape index (κ1) is 17.2. The van der Waals surface area contributed by atoms with E-state index in [9.17, 15) is 0 Å². The Balaban J connectivity index is 1.62. The van der Waals surface area contributed by atoms with Crippen molar-refractivity contribution in [1.82, 2.24) is 9.38 Å². The molecule has 2 aromatic carbocycles. The first-order valence-corrected chi connectivity index (χ1v) is 8.96. The highest BCUT2D eigenvalue weighted by Crippen LogP contribution is 2.34. The number of aromatic nitrogens is 2. The Bertz CT molecular complexity index is 1080. The smallest absolute Gasteiger partial charge is 0.161 e. The lowest BCUT2D eigenvalue weighted by Gasteiger charge is -2.12. The molecule has 0 N–H and O–H groups in total. The van der Waals surface area contributed by atoms with Crippen LogP contribution in [0.15, 0.2) is 66.9 Å². The van der Waals surface area contributed by atoms with Gasteiger partial charge in [-0.1, -0.05) is 35.9 Å². The van der Waals surface area contributed by atoms with E-state index in [0.29, 0.717) is 12.4 Å². The molecule has 0 bridgehead atoms. The standard InChI is InChI=1S/C23H22N2O2/c1-16-7-9-18(10-8-16)15-27-20-12-11-19(14-21(20)26-3)23-17(2)25-13-5-4-6-22(25)24-23/h4-14H,15H2,1-3H3. The van der Waals surface area contributed by atoms with Crippen LogP contribution in [0, 0.1) is 13.8 Å². The van der Waals surface area contributed by atoms with Crippen molar-refractivity contribution < 1.29 is 9.47 Å². The summed E-state index contributed by atoms with van der Waals surface area (Å²) in [6.45, 7) is 4.65. The predicted octanol–water partition coefficient (Wildman–Crippen LogP) is 5.21.